The Morgan fingerprint density at radius 1 is 1.07 bits per heavy atom. The van der Waals surface area contributed by atoms with Gasteiger partial charge in [0.25, 0.3) is 0 Å². The Bertz CT molecular complexity index is 505. The number of pyridine rings is 1. The van der Waals surface area contributed by atoms with Gasteiger partial charge in [-0.1, -0.05) is 18.2 Å². The fourth-order valence-electron chi connectivity index (χ4n) is 2.30. The zero-order valence-corrected chi connectivity index (χ0v) is 7.83. The van der Waals surface area contributed by atoms with Gasteiger partial charge in [0.15, 0.2) is 0 Å². The van der Waals surface area contributed by atoms with E-state index in [4.69, 9.17) is 0 Å². The first-order valence-electron chi connectivity index (χ1n) is 4.96. The van der Waals surface area contributed by atoms with Crippen LogP contribution in [0.15, 0.2) is 24.3 Å². The summed E-state index contributed by atoms with van der Waals surface area (Å²) in [5.74, 6) is 0.233. The van der Waals surface area contributed by atoms with E-state index in [1.54, 1.807) is 0 Å². The van der Waals surface area contributed by atoms with Crippen molar-refractivity contribution < 1.29 is 5.11 Å². The molecule has 0 aliphatic heterocycles. The average Bonchev–Trinajstić information content (AvgIpc) is 2.67. The van der Waals surface area contributed by atoms with E-state index in [0.717, 1.165) is 30.3 Å². The highest BCUT2D eigenvalue weighted by Gasteiger charge is 2.18. The summed E-state index contributed by atoms with van der Waals surface area (Å²) in [6.45, 7) is 0. The molecule has 2 heteroatoms. The molecule has 1 N–H and O–H groups in total. The van der Waals surface area contributed by atoms with Gasteiger partial charge in [-0.05, 0) is 30.9 Å². The number of para-hydroxylation sites is 1. The highest BCUT2D eigenvalue weighted by atomic mass is 16.3. The number of aryl methyl sites for hydroxylation is 1. The molecule has 1 aromatic carbocycles. The molecule has 14 heavy (non-hydrogen) atoms. The summed E-state index contributed by atoms with van der Waals surface area (Å²) in [5.41, 5.74) is 3.27. The third-order valence-electron chi connectivity index (χ3n) is 2.94. The van der Waals surface area contributed by atoms with Crippen molar-refractivity contribution >= 4 is 10.9 Å². The third-order valence-corrected chi connectivity index (χ3v) is 2.94. The van der Waals surface area contributed by atoms with Crippen molar-refractivity contribution in [2.24, 2.45) is 0 Å². The van der Waals surface area contributed by atoms with Crippen LogP contribution in [0.3, 0.4) is 0 Å². The van der Waals surface area contributed by atoms with Crippen LogP contribution in [0.2, 0.25) is 0 Å². The molecule has 0 spiro atoms. The van der Waals surface area contributed by atoms with Crippen LogP contribution in [0.4, 0.5) is 0 Å². The Morgan fingerprint density at radius 2 is 1.86 bits per heavy atom. The number of hydrogen-bond donors (Lipinski definition) is 1. The third kappa shape index (κ3) is 0.939. The lowest BCUT2D eigenvalue weighted by Crippen LogP contribution is -1.89. The van der Waals surface area contributed by atoms with Crippen LogP contribution in [0.25, 0.3) is 10.9 Å². The molecule has 1 aliphatic carbocycles. The van der Waals surface area contributed by atoms with Crippen LogP contribution < -0.4 is 0 Å². The minimum atomic E-state index is 0.233. The Balaban J connectivity index is 2.46. The van der Waals surface area contributed by atoms with E-state index >= 15 is 0 Å². The normalized spacial score (nSPS) is 14.6. The largest absolute Gasteiger partial charge is 0.493 e. The summed E-state index contributed by atoms with van der Waals surface area (Å²) in [6.07, 6.45) is 3.18. The monoisotopic (exact) mass is 185 g/mol. The molecule has 3 rings (SSSR count). The lowest BCUT2D eigenvalue weighted by atomic mass is 10.1. The molecule has 1 aromatic heterocycles. The predicted octanol–water partition coefficient (Wildman–Crippen LogP) is 2.43. The highest BCUT2D eigenvalue weighted by Crippen LogP contribution is 2.33. The summed E-state index contributed by atoms with van der Waals surface area (Å²) in [6, 6.07) is 8.02. The zero-order valence-electron chi connectivity index (χ0n) is 7.83. The van der Waals surface area contributed by atoms with Crippen molar-refractivity contribution in [1.82, 2.24) is 4.98 Å². The number of fused-ring (bicyclic) bond motifs is 3. The zero-order chi connectivity index (χ0) is 9.54. The number of benzene rings is 1. The van der Waals surface area contributed by atoms with Gasteiger partial charge in [-0.3, -0.25) is 0 Å². The van der Waals surface area contributed by atoms with Gasteiger partial charge in [-0.15, -0.1) is 0 Å². The van der Waals surface area contributed by atoms with Gasteiger partial charge in [0.2, 0.25) is 5.88 Å². The molecule has 2 aromatic rings. The second kappa shape index (κ2) is 2.71. The molecular formula is C12H11NO. The van der Waals surface area contributed by atoms with Gasteiger partial charge in [0, 0.05) is 10.9 Å². The molecule has 0 unspecified atom stereocenters. The van der Waals surface area contributed by atoms with Crippen molar-refractivity contribution in [3.63, 3.8) is 0 Å². The molecule has 0 radical (unpaired) electrons. The number of aromatic nitrogens is 1. The molecule has 0 fully saturated rings. The van der Waals surface area contributed by atoms with Crippen molar-refractivity contribution in [1.29, 1.82) is 0 Å². The maximum atomic E-state index is 9.72. The number of nitrogens with zero attached hydrogens (tertiary/aromatic N) is 1. The maximum absolute atomic E-state index is 9.72. The Kier molecular flexibility index (Phi) is 1.51. The van der Waals surface area contributed by atoms with Crippen molar-refractivity contribution in [3.05, 3.63) is 35.4 Å². The van der Waals surface area contributed by atoms with Gasteiger partial charge < -0.3 is 5.11 Å². The van der Waals surface area contributed by atoms with E-state index in [-0.39, 0.29) is 5.88 Å². The fourth-order valence-corrected chi connectivity index (χ4v) is 2.30. The fraction of sp³-hybridized carbons (Fsp3) is 0.250. The van der Waals surface area contributed by atoms with Crippen LogP contribution in [-0.4, -0.2) is 10.1 Å². The first kappa shape index (κ1) is 7.80. The standard InChI is InChI=1S/C12H11NO/c14-12-10-6-3-5-8(10)9-4-1-2-7-11(9)13-12/h1-2,4,7H,3,5-6H2,(H,13,14). The Morgan fingerprint density at radius 3 is 2.79 bits per heavy atom. The SMILES string of the molecule is Oc1nc2ccccc2c2c1CCC2. The van der Waals surface area contributed by atoms with E-state index in [1.807, 2.05) is 18.2 Å². The first-order valence-corrected chi connectivity index (χ1v) is 4.96. The van der Waals surface area contributed by atoms with Crippen LogP contribution in [0, 0.1) is 0 Å². The Hall–Kier alpha value is -1.57. The van der Waals surface area contributed by atoms with E-state index in [2.05, 4.69) is 11.1 Å². The maximum Gasteiger partial charge on any atom is 0.214 e. The summed E-state index contributed by atoms with van der Waals surface area (Å²) in [4.78, 5) is 4.20. The average molecular weight is 185 g/mol. The minimum Gasteiger partial charge on any atom is -0.493 e. The number of rotatable bonds is 0. The second-order valence-corrected chi connectivity index (χ2v) is 3.76. The number of hydrogen-bond acceptors (Lipinski definition) is 2. The first-order chi connectivity index (χ1) is 6.86. The van der Waals surface area contributed by atoms with Crippen LogP contribution >= 0.6 is 0 Å². The smallest absolute Gasteiger partial charge is 0.214 e. The van der Waals surface area contributed by atoms with Gasteiger partial charge in [0.05, 0.1) is 5.52 Å². The van der Waals surface area contributed by atoms with Crippen molar-refractivity contribution in [2.45, 2.75) is 19.3 Å². The molecule has 0 amide bonds. The molecule has 0 atom stereocenters. The lowest BCUT2D eigenvalue weighted by Gasteiger charge is -2.05. The molecular weight excluding hydrogens is 174 g/mol. The quantitative estimate of drug-likeness (QED) is 0.683. The minimum absolute atomic E-state index is 0.233. The van der Waals surface area contributed by atoms with E-state index in [0.29, 0.717) is 0 Å². The predicted molar refractivity (Wildman–Crippen MR) is 55.4 cm³/mol. The van der Waals surface area contributed by atoms with Crippen LogP contribution in [0.1, 0.15) is 17.5 Å². The molecule has 1 aliphatic rings. The molecule has 0 saturated heterocycles. The molecule has 1 heterocycles. The molecule has 0 saturated carbocycles. The summed E-state index contributed by atoms with van der Waals surface area (Å²) in [5, 5.41) is 10.9. The summed E-state index contributed by atoms with van der Waals surface area (Å²) in [7, 11) is 0. The molecule has 70 valence electrons. The Labute approximate surface area is 82.2 Å². The van der Waals surface area contributed by atoms with Gasteiger partial charge in [0.1, 0.15) is 0 Å². The lowest BCUT2D eigenvalue weighted by molar-refractivity contribution is 0.449. The highest BCUT2D eigenvalue weighted by molar-refractivity contribution is 5.84. The van der Waals surface area contributed by atoms with Crippen LogP contribution in [-0.2, 0) is 12.8 Å². The van der Waals surface area contributed by atoms with E-state index in [9.17, 15) is 5.11 Å². The van der Waals surface area contributed by atoms with Gasteiger partial charge >= 0.3 is 0 Å². The number of aromatic hydroxyl groups is 1. The van der Waals surface area contributed by atoms with E-state index in [1.165, 1.54) is 10.9 Å². The van der Waals surface area contributed by atoms with Gasteiger partial charge in [-0.2, -0.15) is 0 Å². The van der Waals surface area contributed by atoms with Gasteiger partial charge in [-0.25, -0.2) is 4.98 Å². The van der Waals surface area contributed by atoms with Crippen molar-refractivity contribution in [2.75, 3.05) is 0 Å². The summed E-state index contributed by atoms with van der Waals surface area (Å²) >= 11 is 0. The molecule has 0 bridgehead atoms. The second-order valence-electron chi connectivity index (χ2n) is 3.76. The summed E-state index contributed by atoms with van der Waals surface area (Å²) < 4.78 is 0. The van der Waals surface area contributed by atoms with E-state index < -0.39 is 0 Å². The topological polar surface area (TPSA) is 33.1 Å². The molecule has 2 nitrogen and oxygen atoms in total. The van der Waals surface area contributed by atoms with Crippen LogP contribution in [0.5, 0.6) is 5.88 Å². The van der Waals surface area contributed by atoms with Crippen molar-refractivity contribution in [3.8, 4) is 5.88 Å².